The number of hydrogen-bond acceptors (Lipinski definition) is 3. The quantitative estimate of drug-likeness (QED) is 0.571. The van der Waals surface area contributed by atoms with E-state index in [1.54, 1.807) is 13.1 Å². The number of rotatable bonds is 1. The smallest absolute Gasteiger partial charge is 0.311 e. The van der Waals surface area contributed by atoms with Gasteiger partial charge in [-0.2, -0.15) is 0 Å². The molecule has 60 valence electrons. The largest absolute Gasteiger partial charge is 0.377 e. The lowest BCUT2D eigenvalue weighted by atomic mass is 9.97. The summed E-state index contributed by atoms with van der Waals surface area (Å²) in [4.78, 5) is 20.8. The Kier molecular flexibility index (Phi) is 1.76. The summed E-state index contributed by atoms with van der Waals surface area (Å²) >= 11 is 0. The molecule has 0 radical (unpaired) electrons. The van der Waals surface area contributed by atoms with Gasteiger partial charge < -0.3 is 5.32 Å². The fourth-order valence-electron chi connectivity index (χ4n) is 1.18. The molecule has 0 bridgehead atoms. The highest BCUT2D eigenvalue weighted by molar-refractivity contribution is 5.87. The summed E-state index contributed by atoms with van der Waals surface area (Å²) in [5, 5.41) is 5.22. The highest BCUT2D eigenvalue weighted by atomic mass is 16.3. The molecule has 1 heterocycles. The first-order valence-electron chi connectivity index (χ1n) is 3.39. The van der Waals surface area contributed by atoms with Crippen LogP contribution in [0.15, 0.2) is 16.9 Å². The van der Waals surface area contributed by atoms with Gasteiger partial charge in [-0.1, -0.05) is 5.57 Å². The maximum absolute atomic E-state index is 10.9. The SMILES string of the molecule is CC1=CNC(C)(C(=O)N=O)C1. The molecule has 1 unspecified atom stereocenters. The summed E-state index contributed by atoms with van der Waals surface area (Å²) in [5.41, 5.74) is 0.274. The van der Waals surface area contributed by atoms with Gasteiger partial charge in [0.05, 0.1) is 0 Å². The highest BCUT2D eigenvalue weighted by Crippen LogP contribution is 2.23. The molecule has 0 saturated carbocycles. The number of carbonyl (C=O) groups excluding carboxylic acids is 1. The predicted molar refractivity (Wildman–Crippen MR) is 40.7 cm³/mol. The molecule has 4 heteroatoms. The van der Waals surface area contributed by atoms with Gasteiger partial charge in [-0.15, -0.1) is 4.91 Å². The van der Waals surface area contributed by atoms with Crippen molar-refractivity contribution in [2.75, 3.05) is 0 Å². The Labute approximate surface area is 64.6 Å². The van der Waals surface area contributed by atoms with Crippen molar-refractivity contribution in [3.05, 3.63) is 16.7 Å². The van der Waals surface area contributed by atoms with E-state index < -0.39 is 11.4 Å². The van der Waals surface area contributed by atoms with Gasteiger partial charge in [-0.3, -0.25) is 4.79 Å². The molecule has 1 N–H and O–H groups in total. The molecule has 0 saturated heterocycles. The second-order valence-electron chi connectivity index (χ2n) is 3.04. The number of amides is 1. The van der Waals surface area contributed by atoms with Gasteiger partial charge in [0.1, 0.15) is 5.54 Å². The van der Waals surface area contributed by atoms with Crippen molar-refractivity contribution in [2.45, 2.75) is 25.8 Å². The Bertz CT molecular complexity index is 235. The molecule has 1 amide bonds. The van der Waals surface area contributed by atoms with E-state index in [0.717, 1.165) is 5.57 Å². The van der Waals surface area contributed by atoms with Crippen LogP contribution < -0.4 is 5.32 Å². The normalized spacial score (nSPS) is 29.1. The molecule has 0 spiro atoms. The average molecular weight is 154 g/mol. The number of nitrogens with one attached hydrogen (secondary N) is 1. The van der Waals surface area contributed by atoms with Crippen molar-refractivity contribution in [3.63, 3.8) is 0 Å². The molecular formula is C7H10N2O2. The van der Waals surface area contributed by atoms with Crippen LogP contribution in [0.2, 0.25) is 0 Å². The van der Waals surface area contributed by atoms with Gasteiger partial charge >= 0.3 is 5.91 Å². The van der Waals surface area contributed by atoms with Crippen LogP contribution in [0.25, 0.3) is 0 Å². The zero-order chi connectivity index (χ0) is 8.48. The summed E-state index contributed by atoms with van der Waals surface area (Å²) < 4.78 is 0. The molecule has 1 atom stereocenters. The Morgan fingerprint density at radius 3 is 2.82 bits per heavy atom. The summed E-state index contributed by atoms with van der Waals surface area (Å²) in [5.74, 6) is -0.634. The molecule has 1 aliphatic heterocycles. The van der Waals surface area contributed by atoms with Crippen LogP contribution in [0.4, 0.5) is 0 Å². The van der Waals surface area contributed by atoms with Gasteiger partial charge in [0.15, 0.2) is 0 Å². The van der Waals surface area contributed by atoms with Gasteiger partial charge in [0.25, 0.3) is 0 Å². The first-order chi connectivity index (χ1) is 5.08. The van der Waals surface area contributed by atoms with Crippen molar-refractivity contribution in [3.8, 4) is 0 Å². The van der Waals surface area contributed by atoms with Crippen molar-refractivity contribution in [1.29, 1.82) is 0 Å². The van der Waals surface area contributed by atoms with E-state index >= 15 is 0 Å². The minimum atomic E-state index is -0.786. The van der Waals surface area contributed by atoms with Crippen molar-refractivity contribution in [1.82, 2.24) is 5.32 Å². The zero-order valence-electron chi connectivity index (χ0n) is 6.55. The second kappa shape index (κ2) is 2.45. The van der Waals surface area contributed by atoms with Crippen LogP contribution in [0.1, 0.15) is 20.3 Å². The van der Waals surface area contributed by atoms with Gasteiger partial charge in [0.2, 0.25) is 0 Å². The third-order valence-corrected chi connectivity index (χ3v) is 1.82. The molecule has 1 rings (SSSR count). The maximum Gasteiger partial charge on any atom is 0.311 e. The summed E-state index contributed by atoms with van der Waals surface area (Å²) in [7, 11) is 0. The van der Waals surface area contributed by atoms with Crippen LogP contribution >= 0.6 is 0 Å². The molecule has 0 aromatic heterocycles. The fraction of sp³-hybridized carbons (Fsp3) is 0.571. The third kappa shape index (κ3) is 1.29. The number of nitrogens with zero attached hydrogens (tertiary/aromatic N) is 1. The molecule has 11 heavy (non-hydrogen) atoms. The molecule has 0 aromatic carbocycles. The van der Waals surface area contributed by atoms with Crippen molar-refractivity contribution >= 4 is 5.91 Å². The van der Waals surface area contributed by atoms with Gasteiger partial charge in [-0.05, 0) is 20.0 Å². The van der Waals surface area contributed by atoms with Gasteiger partial charge in [-0.25, -0.2) is 0 Å². The first-order valence-corrected chi connectivity index (χ1v) is 3.39. The molecule has 0 aromatic rings. The van der Waals surface area contributed by atoms with Crippen LogP contribution in [0.5, 0.6) is 0 Å². The molecular weight excluding hydrogens is 144 g/mol. The van der Waals surface area contributed by atoms with Crippen molar-refractivity contribution in [2.24, 2.45) is 5.18 Å². The lowest BCUT2D eigenvalue weighted by Gasteiger charge is -2.18. The Morgan fingerprint density at radius 2 is 2.45 bits per heavy atom. The summed E-state index contributed by atoms with van der Waals surface area (Å²) in [6.07, 6.45) is 2.31. The maximum atomic E-state index is 10.9. The number of nitroso groups, excluding NO2 is 1. The van der Waals surface area contributed by atoms with Crippen LogP contribution in [-0.4, -0.2) is 11.4 Å². The lowest BCUT2D eigenvalue weighted by Crippen LogP contribution is -2.42. The monoisotopic (exact) mass is 154 g/mol. The van der Waals surface area contributed by atoms with E-state index in [2.05, 4.69) is 10.5 Å². The van der Waals surface area contributed by atoms with Crippen LogP contribution in [0.3, 0.4) is 0 Å². The lowest BCUT2D eigenvalue weighted by molar-refractivity contribution is -0.123. The van der Waals surface area contributed by atoms with Crippen LogP contribution in [-0.2, 0) is 4.79 Å². The van der Waals surface area contributed by atoms with E-state index in [0.29, 0.717) is 6.42 Å². The Morgan fingerprint density at radius 1 is 1.82 bits per heavy atom. The average Bonchev–Trinajstić information content (AvgIpc) is 2.31. The molecule has 4 nitrogen and oxygen atoms in total. The predicted octanol–water partition coefficient (Wildman–Crippen LogP) is 0.935. The zero-order valence-corrected chi connectivity index (χ0v) is 6.55. The Balaban J connectivity index is 2.73. The highest BCUT2D eigenvalue weighted by Gasteiger charge is 2.36. The van der Waals surface area contributed by atoms with E-state index in [1.807, 2.05) is 6.92 Å². The first kappa shape index (κ1) is 7.91. The van der Waals surface area contributed by atoms with Gasteiger partial charge in [0, 0.05) is 11.6 Å². The fourth-order valence-corrected chi connectivity index (χ4v) is 1.18. The number of hydrogen-bond donors (Lipinski definition) is 1. The second-order valence-corrected chi connectivity index (χ2v) is 3.04. The third-order valence-electron chi connectivity index (χ3n) is 1.82. The van der Waals surface area contributed by atoms with Crippen molar-refractivity contribution < 1.29 is 4.79 Å². The van der Waals surface area contributed by atoms with E-state index in [1.165, 1.54) is 0 Å². The Hall–Kier alpha value is -1.19. The standard InChI is InChI=1S/C7H10N2O2/c1-5-3-7(2,8-4-5)6(10)9-11/h4,8H,3H2,1-2H3. The summed E-state index contributed by atoms with van der Waals surface area (Å²) in [6.45, 7) is 3.57. The molecule has 1 aliphatic rings. The van der Waals surface area contributed by atoms with E-state index in [9.17, 15) is 9.70 Å². The molecule has 0 fully saturated rings. The van der Waals surface area contributed by atoms with E-state index in [-0.39, 0.29) is 0 Å². The minimum Gasteiger partial charge on any atom is -0.377 e. The topological polar surface area (TPSA) is 58.5 Å². The summed E-state index contributed by atoms with van der Waals surface area (Å²) in [6, 6.07) is 0. The molecule has 0 aliphatic carbocycles. The number of carbonyl (C=O) groups is 1. The van der Waals surface area contributed by atoms with E-state index in [4.69, 9.17) is 0 Å². The van der Waals surface area contributed by atoms with Crippen LogP contribution in [0, 0.1) is 4.91 Å². The minimum absolute atomic E-state index is 0.567.